The molecule has 2 aromatic rings. The van der Waals surface area contributed by atoms with Gasteiger partial charge in [0.1, 0.15) is 5.82 Å². The van der Waals surface area contributed by atoms with E-state index in [4.69, 9.17) is 0 Å². The van der Waals surface area contributed by atoms with Gasteiger partial charge < -0.3 is 4.90 Å². The van der Waals surface area contributed by atoms with Crippen LogP contribution in [-0.4, -0.2) is 26.5 Å². The standard InChI is InChI=1S/C16H18BrN3O2S/c17-14-3-5-15(6-4-14)23(21,22)19-12-13-7-8-18-16(11-13)20-9-1-2-10-20/h3-8,11,19H,1-2,9-10,12H2. The van der Waals surface area contributed by atoms with E-state index in [9.17, 15) is 8.42 Å². The number of hydrogen-bond acceptors (Lipinski definition) is 4. The fourth-order valence-electron chi connectivity index (χ4n) is 2.57. The number of benzene rings is 1. The van der Waals surface area contributed by atoms with Crippen LogP contribution in [0.25, 0.3) is 0 Å². The summed E-state index contributed by atoms with van der Waals surface area (Å²) in [6, 6.07) is 10.4. The van der Waals surface area contributed by atoms with Gasteiger partial charge in [0, 0.05) is 30.3 Å². The van der Waals surface area contributed by atoms with Gasteiger partial charge in [-0.1, -0.05) is 15.9 Å². The summed E-state index contributed by atoms with van der Waals surface area (Å²) in [7, 11) is -3.51. The molecule has 23 heavy (non-hydrogen) atoms. The molecule has 1 saturated heterocycles. The maximum absolute atomic E-state index is 12.3. The number of sulfonamides is 1. The van der Waals surface area contributed by atoms with Gasteiger partial charge in [0.15, 0.2) is 0 Å². The first-order valence-corrected chi connectivity index (χ1v) is 9.77. The van der Waals surface area contributed by atoms with Gasteiger partial charge in [-0.15, -0.1) is 0 Å². The monoisotopic (exact) mass is 395 g/mol. The van der Waals surface area contributed by atoms with Crippen LogP contribution >= 0.6 is 15.9 Å². The van der Waals surface area contributed by atoms with Crippen molar-refractivity contribution in [1.29, 1.82) is 0 Å². The summed E-state index contributed by atoms with van der Waals surface area (Å²) in [6.07, 6.45) is 4.10. The summed E-state index contributed by atoms with van der Waals surface area (Å²) in [5.74, 6) is 0.919. The van der Waals surface area contributed by atoms with E-state index in [1.807, 2.05) is 12.1 Å². The van der Waals surface area contributed by atoms with Crippen molar-refractivity contribution in [2.75, 3.05) is 18.0 Å². The van der Waals surface area contributed by atoms with Crippen molar-refractivity contribution in [2.24, 2.45) is 0 Å². The molecule has 0 radical (unpaired) electrons. The average Bonchev–Trinajstić information content (AvgIpc) is 3.08. The summed E-state index contributed by atoms with van der Waals surface area (Å²) in [5.41, 5.74) is 0.905. The molecule has 7 heteroatoms. The normalized spacial score (nSPS) is 15.1. The third-order valence-corrected chi connectivity index (χ3v) is 5.78. The third kappa shape index (κ3) is 4.10. The van der Waals surface area contributed by atoms with Gasteiger partial charge in [-0.25, -0.2) is 18.1 Å². The molecule has 1 fully saturated rings. The van der Waals surface area contributed by atoms with E-state index in [-0.39, 0.29) is 11.4 Å². The van der Waals surface area contributed by atoms with Crippen molar-refractivity contribution in [1.82, 2.24) is 9.71 Å². The maximum atomic E-state index is 12.3. The van der Waals surface area contributed by atoms with Gasteiger partial charge in [-0.05, 0) is 54.8 Å². The highest BCUT2D eigenvalue weighted by atomic mass is 79.9. The van der Waals surface area contributed by atoms with Gasteiger partial charge in [-0.2, -0.15) is 0 Å². The number of nitrogens with one attached hydrogen (secondary N) is 1. The minimum absolute atomic E-state index is 0.252. The first-order chi connectivity index (χ1) is 11.0. The fourth-order valence-corrected chi connectivity index (χ4v) is 3.85. The molecule has 0 spiro atoms. The van der Waals surface area contributed by atoms with Crippen LogP contribution in [0.1, 0.15) is 18.4 Å². The van der Waals surface area contributed by atoms with Gasteiger partial charge in [0.05, 0.1) is 4.90 Å². The lowest BCUT2D eigenvalue weighted by Gasteiger charge is -2.17. The lowest BCUT2D eigenvalue weighted by molar-refractivity contribution is 0.581. The molecule has 122 valence electrons. The molecule has 1 aromatic heterocycles. The van der Waals surface area contributed by atoms with Crippen molar-refractivity contribution in [3.63, 3.8) is 0 Å². The number of rotatable bonds is 5. The predicted octanol–water partition coefficient (Wildman–Crippen LogP) is 2.92. The number of halogens is 1. The van der Waals surface area contributed by atoms with Crippen LogP contribution < -0.4 is 9.62 Å². The largest absolute Gasteiger partial charge is 0.357 e. The molecule has 0 bridgehead atoms. The third-order valence-electron chi connectivity index (χ3n) is 3.83. The molecule has 0 unspecified atom stereocenters. The van der Waals surface area contributed by atoms with Crippen LogP contribution in [0.15, 0.2) is 52.0 Å². The first kappa shape index (κ1) is 16.4. The number of nitrogens with zero attached hydrogens (tertiary/aromatic N) is 2. The van der Waals surface area contributed by atoms with Crippen LogP contribution in [-0.2, 0) is 16.6 Å². The highest BCUT2D eigenvalue weighted by molar-refractivity contribution is 9.10. The first-order valence-electron chi connectivity index (χ1n) is 7.50. The maximum Gasteiger partial charge on any atom is 0.240 e. The van der Waals surface area contributed by atoms with E-state index in [1.54, 1.807) is 30.5 Å². The smallest absolute Gasteiger partial charge is 0.240 e. The number of hydrogen-bond donors (Lipinski definition) is 1. The average molecular weight is 396 g/mol. The summed E-state index contributed by atoms with van der Waals surface area (Å²) in [4.78, 5) is 6.86. The van der Waals surface area contributed by atoms with Gasteiger partial charge in [0.25, 0.3) is 0 Å². The molecule has 0 aliphatic carbocycles. The molecule has 1 aliphatic heterocycles. The summed E-state index contributed by atoms with van der Waals surface area (Å²) >= 11 is 3.30. The molecule has 0 amide bonds. The van der Waals surface area contributed by atoms with Gasteiger partial charge >= 0.3 is 0 Å². The molecule has 1 aliphatic rings. The Labute approximate surface area is 144 Å². The zero-order chi connectivity index (χ0) is 16.3. The zero-order valence-corrected chi connectivity index (χ0v) is 15.0. The Hall–Kier alpha value is -1.44. The van der Waals surface area contributed by atoms with Crippen LogP contribution in [0.5, 0.6) is 0 Å². The summed E-state index contributed by atoms with van der Waals surface area (Å²) in [6.45, 7) is 2.28. The second kappa shape index (κ2) is 6.98. The van der Waals surface area contributed by atoms with E-state index in [0.717, 1.165) is 28.9 Å². The van der Waals surface area contributed by atoms with E-state index in [0.29, 0.717) is 0 Å². The lowest BCUT2D eigenvalue weighted by atomic mass is 10.2. The second-order valence-electron chi connectivity index (χ2n) is 5.49. The van der Waals surface area contributed by atoms with E-state index >= 15 is 0 Å². The highest BCUT2D eigenvalue weighted by Crippen LogP contribution is 2.19. The Bertz CT molecular complexity index is 772. The molecule has 1 aromatic carbocycles. The SMILES string of the molecule is O=S(=O)(NCc1ccnc(N2CCCC2)c1)c1ccc(Br)cc1. The Kier molecular flexibility index (Phi) is 4.99. The molecule has 0 atom stereocenters. The minimum Gasteiger partial charge on any atom is -0.357 e. The van der Waals surface area contributed by atoms with Crippen molar-refractivity contribution in [2.45, 2.75) is 24.3 Å². The zero-order valence-electron chi connectivity index (χ0n) is 12.6. The van der Waals surface area contributed by atoms with Crippen LogP contribution in [0, 0.1) is 0 Å². The van der Waals surface area contributed by atoms with Crippen LogP contribution in [0.4, 0.5) is 5.82 Å². The van der Waals surface area contributed by atoms with Crippen molar-refractivity contribution in [3.8, 4) is 0 Å². The number of aromatic nitrogens is 1. The van der Waals surface area contributed by atoms with Crippen LogP contribution in [0.2, 0.25) is 0 Å². The molecule has 3 rings (SSSR count). The van der Waals surface area contributed by atoms with Crippen molar-refractivity contribution >= 4 is 31.8 Å². The molecule has 5 nitrogen and oxygen atoms in total. The fraction of sp³-hybridized carbons (Fsp3) is 0.312. The summed E-state index contributed by atoms with van der Waals surface area (Å²) < 4.78 is 28.1. The van der Waals surface area contributed by atoms with Gasteiger partial charge in [0.2, 0.25) is 10.0 Å². The molecule has 0 saturated carbocycles. The molecule has 2 heterocycles. The Morgan fingerprint density at radius 3 is 2.52 bits per heavy atom. The Morgan fingerprint density at radius 1 is 1.13 bits per heavy atom. The van der Waals surface area contributed by atoms with E-state index in [1.165, 1.54) is 12.8 Å². The minimum atomic E-state index is -3.51. The Morgan fingerprint density at radius 2 is 1.83 bits per heavy atom. The number of anilines is 1. The van der Waals surface area contributed by atoms with E-state index < -0.39 is 10.0 Å². The lowest BCUT2D eigenvalue weighted by Crippen LogP contribution is -2.24. The Balaban J connectivity index is 1.70. The van der Waals surface area contributed by atoms with Crippen molar-refractivity contribution in [3.05, 3.63) is 52.6 Å². The molecular weight excluding hydrogens is 378 g/mol. The van der Waals surface area contributed by atoms with Gasteiger partial charge in [-0.3, -0.25) is 0 Å². The molecular formula is C16H18BrN3O2S. The summed E-state index contributed by atoms with van der Waals surface area (Å²) in [5, 5.41) is 0. The van der Waals surface area contributed by atoms with Crippen molar-refractivity contribution < 1.29 is 8.42 Å². The highest BCUT2D eigenvalue weighted by Gasteiger charge is 2.16. The van der Waals surface area contributed by atoms with E-state index in [2.05, 4.69) is 30.5 Å². The van der Waals surface area contributed by atoms with Crippen LogP contribution in [0.3, 0.4) is 0 Å². The molecule has 1 N–H and O–H groups in total. The second-order valence-corrected chi connectivity index (χ2v) is 8.18. The topological polar surface area (TPSA) is 62.3 Å². The predicted molar refractivity (Wildman–Crippen MR) is 93.9 cm³/mol. The quantitative estimate of drug-likeness (QED) is 0.844. The number of pyridine rings is 1.